The number of nitrogens with one attached hydrogen (secondary N) is 1. The zero-order valence-electron chi connectivity index (χ0n) is 10.1. The average molecular weight is 285 g/mol. The molecule has 106 valence electrons. The average Bonchev–Trinajstić information content (AvgIpc) is 2.85. The highest BCUT2D eigenvalue weighted by Gasteiger charge is 2.28. The number of carbonyl (C=O) groups excluding carboxylic acids is 1. The summed E-state index contributed by atoms with van der Waals surface area (Å²) >= 11 is 0. The molecule has 2 rings (SSSR count). The molecule has 0 saturated carbocycles. The number of para-hydroxylation sites is 1. The van der Waals surface area contributed by atoms with Crippen LogP contribution in [0, 0.1) is 0 Å². The van der Waals surface area contributed by atoms with Crippen LogP contribution in [0.5, 0.6) is 0 Å². The number of nitrogen functional groups attached to an aromatic ring is 1. The number of halogens is 3. The molecule has 0 radical (unpaired) electrons. The van der Waals surface area contributed by atoms with E-state index in [0.717, 1.165) is 6.26 Å². The lowest BCUT2D eigenvalue weighted by Crippen LogP contribution is -2.33. The van der Waals surface area contributed by atoms with Gasteiger partial charge in [0.15, 0.2) is 5.69 Å². The van der Waals surface area contributed by atoms with Gasteiger partial charge in [-0.1, -0.05) is 12.1 Å². The lowest BCUT2D eigenvalue weighted by Gasteiger charge is -2.06. The van der Waals surface area contributed by atoms with Crippen molar-refractivity contribution in [2.75, 3.05) is 12.3 Å². The molecule has 20 heavy (non-hydrogen) atoms. The summed E-state index contributed by atoms with van der Waals surface area (Å²) < 4.78 is 41.0. The molecule has 0 fully saturated rings. The van der Waals surface area contributed by atoms with Gasteiger partial charge in [-0.3, -0.25) is 4.79 Å². The molecule has 0 aliphatic carbocycles. The van der Waals surface area contributed by atoms with Crippen LogP contribution in [-0.4, -0.2) is 23.6 Å². The molecule has 0 aliphatic heterocycles. The van der Waals surface area contributed by atoms with Crippen molar-refractivity contribution in [1.29, 1.82) is 0 Å². The second-order valence-electron chi connectivity index (χ2n) is 3.92. The molecule has 8 heteroatoms. The SMILES string of the molecule is Nc1ccccc1-c1nc(C(=O)NCC(F)(F)F)co1. The maximum absolute atomic E-state index is 12.0. The number of hydrogen-bond donors (Lipinski definition) is 2. The maximum Gasteiger partial charge on any atom is 0.405 e. The Morgan fingerprint density at radius 3 is 2.70 bits per heavy atom. The number of anilines is 1. The first-order valence-electron chi connectivity index (χ1n) is 5.52. The quantitative estimate of drug-likeness (QED) is 0.847. The summed E-state index contributed by atoms with van der Waals surface area (Å²) in [6, 6.07) is 6.64. The summed E-state index contributed by atoms with van der Waals surface area (Å²) in [4.78, 5) is 15.3. The van der Waals surface area contributed by atoms with Crippen molar-refractivity contribution in [2.45, 2.75) is 6.18 Å². The highest BCUT2D eigenvalue weighted by atomic mass is 19.4. The van der Waals surface area contributed by atoms with Crippen molar-refractivity contribution in [3.05, 3.63) is 36.2 Å². The number of rotatable bonds is 3. The Bertz CT molecular complexity index is 622. The Morgan fingerprint density at radius 1 is 1.35 bits per heavy atom. The number of aromatic nitrogens is 1. The number of oxazole rings is 1. The summed E-state index contributed by atoms with van der Waals surface area (Å²) in [7, 11) is 0. The van der Waals surface area contributed by atoms with E-state index in [1.54, 1.807) is 29.6 Å². The topological polar surface area (TPSA) is 81.1 Å². The first-order chi connectivity index (χ1) is 9.37. The highest BCUT2D eigenvalue weighted by Crippen LogP contribution is 2.24. The van der Waals surface area contributed by atoms with Crippen molar-refractivity contribution in [1.82, 2.24) is 10.3 Å². The normalized spacial score (nSPS) is 11.3. The van der Waals surface area contributed by atoms with E-state index < -0.39 is 18.6 Å². The number of amides is 1. The van der Waals surface area contributed by atoms with Crippen LogP contribution >= 0.6 is 0 Å². The minimum absolute atomic E-state index is 0.0697. The summed E-state index contributed by atoms with van der Waals surface area (Å²) in [5.41, 5.74) is 6.31. The van der Waals surface area contributed by atoms with Gasteiger partial charge in [0.1, 0.15) is 12.8 Å². The van der Waals surface area contributed by atoms with Crippen LogP contribution in [0.1, 0.15) is 10.5 Å². The molecule has 0 aliphatic rings. The van der Waals surface area contributed by atoms with Gasteiger partial charge >= 0.3 is 6.18 Å². The predicted octanol–water partition coefficient (Wildman–Crippen LogP) is 2.22. The van der Waals surface area contributed by atoms with Crippen LogP contribution in [0.3, 0.4) is 0 Å². The summed E-state index contributed by atoms with van der Waals surface area (Å²) in [6.45, 7) is -1.43. The molecule has 0 bridgehead atoms. The van der Waals surface area contributed by atoms with E-state index >= 15 is 0 Å². The predicted molar refractivity (Wildman–Crippen MR) is 64.7 cm³/mol. The Labute approximate surface area is 111 Å². The van der Waals surface area contributed by atoms with Crippen LogP contribution in [0.4, 0.5) is 18.9 Å². The molecule has 0 unspecified atom stereocenters. The monoisotopic (exact) mass is 285 g/mol. The second kappa shape index (κ2) is 5.24. The molecular formula is C12H10F3N3O2. The fourth-order valence-electron chi connectivity index (χ4n) is 1.46. The van der Waals surface area contributed by atoms with Gasteiger partial charge in [-0.15, -0.1) is 0 Å². The van der Waals surface area contributed by atoms with Crippen molar-refractivity contribution in [3.8, 4) is 11.5 Å². The van der Waals surface area contributed by atoms with Crippen molar-refractivity contribution < 1.29 is 22.4 Å². The third-order valence-corrected chi connectivity index (χ3v) is 2.38. The molecule has 0 saturated heterocycles. The van der Waals surface area contributed by atoms with E-state index in [-0.39, 0.29) is 11.6 Å². The lowest BCUT2D eigenvalue weighted by atomic mass is 10.2. The molecule has 1 aromatic heterocycles. The van der Waals surface area contributed by atoms with Gasteiger partial charge < -0.3 is 15.5 Å². The number of nitrogens with zero attached hydrogens (tertiary/aromatic N) is 1. The van der Waals surface area contributed by atoms with Crippen molar-refractivity contribution >= 4 is 11.6 Å². The number of hydrogen-bond acceptors (Lipinski definition) is 4. The third kappa shape index (κ3) is 3.28. The summed E-state index contributed by atoms with van der Waals surface area (Å²) in [5.74, 6) is -0.896. The molecule has 0 spiro atoms. The number of alkyl halides is 3. The summed E-state index contributed by atoms with van der Waals surface area (Å²) in [6.07, 6.45) is -3.50. The number of benzene rings is 1. The third-order valence-electron chi connectivity index (χ3n) is 2.38. The number of nitrogens with two attached hydrogens (primary N) is 1. The van der Waals surface area contributed by atoms with Crippen LogP contribution in [0.15, 0.2) is 34.9 Å². The Kier molecular flexibility index (Phi) is 3.64. The van der Waals surface area contributed by atoms with E-state index in [2.05, 4.69) is 4.98 Å². The molecule has 1 heterocycles. The van der Waals surface area contributed by atoms with E-state index in [1.165, 1.54) is 0 Å². The van der Waals surface area contributed by atoms with Gasteiger partial charge in [0, 0.05) is 5.69 Å². The van der Waals surface area contributed by atoms with Gasteiger partial charge in [0.05, 0.1) is 5.56 Å². The Balaban J connectivity index is 2.13. The largest absolute Gasteiger partial charge is 0.444 e. The fourth-order valence-corrected chi connectivity index (χ4v) is 1.46. The highest BCUT2D eigenvalue weighted by molar-refractivity contribution is 5.92. The fraction of sp³-hybridized carbons (Fsp3) is 0.167. The molecule has 1 aromatic carbocycles. The van der Waals surface area contributed by atoms with Gasteiger partial charge in [0.2, 0.25) is 5.89 Å². The van der Waals surface area contributed by atoms with E-state index in [1.807, 2.05) is 0 Å². The molecule has 3 N–H and O–H groups in total. The van der Waals surface area contributed by atoms with Gasteiger partial charge in [-0.25, -0.2) is 4.98 Å². The van der Waals surface area contributed by atoms with Gasteiger partial charge in [0.25, 0.3) is 5.91 Å². The first-order valence-corrected chi connectivity index (χ1v) is 5.52. The molecular weight excluding hydrogens is 275 g/mol. The van der Waals surface area contributed by atoms with E-state index in [9.17, 15) is 18.0 Å². The van der Waals surface area contributed by atoms with Crippen LogP contribution < -0.4 is 11.1 Å². The second-order valence-corrected chi connectivity index (χ2v) is 3.92. The Hall–Kier alpha value is -2.51. The van der Waals surface area contributed by atoms with Crippen LogP contribution in [0.25, 0.3) is 11.5 Å². The zero-order valence-corrected chi connectivity index (χ0v) is 10.1. The standard InChI is InChI=1S/C12H10F3N3O2/c13-12(14,15)6-17-10(19)9-5-20-11(18-9)7-3-1-2-4-8(7)16/h1-5H,6,16H2,(H,17,19). The molecule has 5 nitrogen and oxygen atoms in total. The van der Waals surface area contributed by atoms with E-state index in [4.69, 9.17) is 10.2 Å². The zero-order chi connectivity index (χ0) is 14.8. The Morgan fingerprint density at radius 2 is 2.05 bits per heavy atom. The van der Waals surface area contributed by atoms with Gasteiger partial charge in [-0.05, 0) is 12.1 Å². The molecule has 0 atom stereocenters. The van der Waals surface area contributed by atoms with Crippen molar-refractivity contribution in [2.24, 2.45) is 0 Å². The molecule has 2 aromatic rings. The van der Waals surface area contributed by atoms with Crippen molar-refractivity contribution in [3.63, 3.8) is 0 Å². The first kappa shape index (κ1) is 13.9. The van der Waals surface area contributed by atoms with Gasteiger partial charge in [-0.2, -0.15) is 13.2 Å². The van der Waals surface area contributed by atoms with E-state index in [0.29, 0.717) is 11.3 Å². The minimum Gasteiger partial charge on any atom is -0.444 e. The minimum atomic E-state index is -4.48. The lowest BCUT2D eigenvalue weighted by molar-refractivity contribution is -0.123. The maximum atomic E-state index is 12.0. The van der Waals surface area contributed by atoms with Crippen LogP contribution in [0.2, 0.25) is 0 Å². The number of carbonyl (C=O) groups is 1. The van der Waals surface area contributed by atoms with Crippen LogP contribution in [-0.2, 0) is 0 Å². The smallest absolute Gasteiger partial charge is 0.405 e. The molecule has 1 amide bonds. The summed E-state index contributed by atoms with van der Waals surface area (Å²) in [5, 5.41) is 1.70.